The highest BCUT2D eigenvalue weighted by Gasteiger charge is 2.21. The normalized spacial score (nSPS) is 14.3. The van der Waals surface area contributed by atoms with E-state index < -0.39 is 0 Å². The molecule has 0 fully saturated rings. The second-order valence-electron chi connectivity index (χ2n) is 5.78. The molecule has 3 nitrogen and oxygen atoms in total. The number of nitrogens with zero attached hydrogens (tertiary/aromatic N) is 2. The Hall–Kier alpha value is -1.77. The van der Waals surface area contributed by atoms with Gasteiger partial charge in [-0.25, -0.2) is 4.79 Å². The second-order valence-corrected chi connectivity index (χ2v) is 5.78. The van der Waals surface area contributed by atoms with Crippen molar-refractivity contribution >= 4 is 16.6 Å². The Labute approximate surface area is 113 Å². The molecule has 100 valence electrons. The van der Waals surface area contributed by atoms with Gasteiger partial charge in [0.2, 0.25) is 0 Å². The minimum atomic E-state index is 0.129. The van der Waals surface area contributed by atoms with Crippen LogP contribution in [0.5, 0.6) is 0 Å². The van der Waals surface area contributed by atoms with Gasteiger partial charge in [-0.05, 0) is 56.9 Å². The van der Waals surface area contributed by atoms with Crippen molar-refractivity contribution in [1.82, 2.24) is 9.13 Å². The van der Waals surface area contributed by atoms with Crippen molar-refractivity contribution in [2.75, 3.05) is 0 Å². The topological polar surface area (TPSA) is 26.9 Å². The Morgan fingerprint density at radius 3 is 2.74 bits per heavy atom. The Morgan fingerprint density at radius 1 is 1.37 bits per heavy atom. The molecule has 0 unspecified atom stereocenters. The van der Waals surface area contributed by atoms with Crippen molar-refractivity contribution in [3.8, 4) is 0 Å². The minimum absolute atomic E-state index is 0.129. The van der Waals surface area contributed by atoms with Gasteiger partial charge in [-0.1, -0.05) is 12.2 Å². The lowest BCUT2D eigenvalue weighted by Crippen LogP contribution is -2.26. The number of hydrogen-bond acceptors (Lipinski definition) is 1. The van der Waals surface area contributed by atoms with Gasteiger partial charge >= 0.3 is 5.69 Å². The maximum atomic E-state index is 12.5. The lowest BCUT2D eigenvalue weighted by molar-refractivity contribution is 0.548. The summed E-state index contributed by atoms with van der Waals surface area (Å²) in [5.41, 5.74) is 5.82. The summed E-state index contributed by atoms with van der Waals surface area (Å²) >= 11 is 0. The van der Waals surface area contributed by atoms with Crippen molar-refractivity contribution < 1.29 is 0 Å². The third-order valence-corrected chi connectivity index (χ3v) is 3.97. The zero-order valence-corrected chi connectivity index (χ0v) is 11.9. The molecule has 1 aliphatic rings. The first-order valence-corrected chi connectivity index (χ1v) is 6.94. The van der Waals surface area contributed by atoms with Gasteiger partial charge in [0.25, 0.3) is 0 Å². The molecule has 0 atom stereocenters. The minimum Gasteiger partial charge on any atom is -0.292 e. The SMILES string of the molecule is C=C(C)c1cc2c3c(c1)n(C(C)C)c(=O)n3CCC2. The van der Waals surface area contributed by atoms with Gasteiger partial charge in [0, 0.05) is 12.6 Å². The van der Waals surface area contributed by atoms with Crippen molar-refractivity contribution in [3.63, 3.8) is 0 Å². The first kappa shape index (κ1) is 12.3. The monoisotopic (exact) mass is 256 g/mol. The van der Waals surface area contributed by atoms with Crippen LogP contribution in [0.15, 0.2) is 23.5 Å². The van der Waals surface area contributed by atoms with E-state index in [9.17, 15) is 4.79 Å². The Bertz CT molecular complexity index is 731. The van der Waals surface area contributed by atoms with Crippen LogP contribution in [0.4, 0.5) is 0 Å². The summed E-state index contributed by atoms with van der Waals surface area (Å²) in [6.45, 7) is 11.0. The lowest BCUT2D eigenvalue weighted by Gasteiger charge is -2.15. The number of aryl methyl sites for hydroxylation is 2. The van der Waals surface area contributed by atoms with Crippen LogP contribution in [0.3, 0.4) is 0 Å². The third-order valence-electron chi connectivity index (χ3n) is 3.97. The molecule has 0 radical (unpaired) electrons. The molecule has 1 aliphatic heterocycles. The smallest absolute Gasteiger partial charge is 0.292 e. The van der Waals surface area contributed by atoms with Crippen LogP contribution in [0.1, 0.15) is 44.4 Å². The first-order chi connectivity index (χ1) is 9.00. The summed E-state index contributed by atoms with van der Waals surface area (Å²) in [6, 6.07) is 4.50. The van der Waals surface area contributed by atoms with Gasteiger partial charge in [0.1, 0.15) is 0 Å². The molecule has 0 amide bonds. The second kappa shape index (κ2) is 4.12. The molecule has 3 rings (SSSR count). The van der Waals surface area contributed by atoms with Gasteiger partial charge in [0.05, 0.1) is 11.0 Å². The zero-order valence-electron chi connectivity index (χ0n) is 11.9. The Morgan fingerprint density at radius 2 is 2.11 bits per heavy atom. The first-order valence-electron chi connectivity index (χ1n) is 6.94. The average molecular weight is 256 g/mol. The quantitative estimate of drug-likeness (QED) is 0.809. The summed E-state index contributed by atoms with van der Waals surface area (Å²) in [4.78, 5) is 12.5. The van der Waals surface area contributed by atoms with E-state index in [1.54, 1.807) is 0 Å². The third kappa shape index (κ3) is 1.68. The molecule has 19 heavy (non-hydrogen) atoms. The Balaban J connectivity index is 2.48. The maximum absolute atomic E-state index is 12.5. The Kier molecular flexibility index (Phi) is 2.66. The highest BCUT2D eigenvalue weighted by Crippen LogP contribution is 2.29. The van der Waals surface area contributed by atoms with E-state index in [0.717, 1.165) is 41.6 Å². The van der Waals surface area contributed by atoms with Crippen LogP contribution in [0.2, 0.25) is 0 Å². The summed E-state index contributed by atoms with van der Waals surface area (Å²) < 4.78 is 3.85. The van der Waals surface area contributed by atoms with Crippen LogP contribution >= 0.6 is 0 Å². The number of rotatable bonds is 2. The maximum Gasteiger partial charge on any atom is 0.329 e. The van der Waals surface area contributed by atoms with Crippen LogP contribution in [0.25, 0.3) is 16.6 Å². The van der Waals surface area contributed by atoms with E-state index in [0.29, 0.717) is 0 Å². The molecule has 0 aliphatic carbocycles. The average Bonchev–Trinajstić information content (AvgIpc) is 2.64. The van der Waals surface area contributed by atoms with Gasteiger partial charge in [-0.15, -0.1) is 0 Å². The molecule has 0 bridgehead atoms. The highest BCUT2D eigenvalue weighted by atomic mass is 16.1. The van der Waals surface area contributed by atoms with Crippen molar-refractivity contribution in [2.45, 2.75) is 46.2 Å². The summed E-state index contributed by atoms with van der Waals surface area (Å²) in [5, 5.41) is 0. The molecular formula is C16H20N2O. The molecule has 1 aromatic heterocycles. The fraction of sp³-hybridized carbons (Fsp3) is 0.438. The molecule has 2 heterocycles. The lowest BCUT2D eigenvalue weighted by atomic mass is 9.98. The van der Waals surface area contributed by atoms with Crippen LogP contribution in [-0.4, -0.2) is 9.13 Å². The molecule has 3 heteroatoms. The van der Waals surface area contributed by atoms with Gasteiger partial charge in [-0.3, -0.25) is 9.13 Å². The molecule has 0 saturated carbocycles. The summed E-state index contributed by atoms with van der Waals surface area (Å²) in [6.07, 6.45) is 2.10. The number of hydrogen-bond donors (Lipinski definition) is 0. The van der Waals surface area contributed by atoms with E-state index in [-0.39, 0.29) is 11.7 Å². The number of benzene rings is 1. The molecule has 0 spiro atoms. The van der Waals surface area contributed by atoms with E-state index in [4.69, 9.17) is 0 Å². The van der Waals surface area contributed by atoms with Crippen LogP contribution in [0, 0.1) is 0 Å². The standard InChI is InChI=1S/C16H20N2O/c1-10(2)13-8-12-6-5-7-17-15(12)14(9-13)18(11(3)4)16(17)19/h8-9,11H,1,5-7H2,2-4H3. The molecule has 2 aromatic rings. The molecular weight excluding hydrogens is 236 g/mol. The van der Waals surface area contributed by atoms with Gasteiger partial charge < -0.3 is 0 Å². The molecule has 0 N–H and O–H groups in total. The number of imidazole rings is 1. The van der Waals surface area contributed by atoms with Crippen LogP contribution < -0.4 is 5.69 Å². The predicted molar refractivity (Wildman–Crippen MR) is 79.6 cm³/mol. The van der Waals surface area contributed by atoms with E-state index in [2.05, 4.69) is 32.6 Å². The van der Waals surface area contributed by atoms with Crippen molar-refractivity contribution in [2.24, 2.45) is 0 Å². The largest absolute Gasteiger partial charge is 0.329 e. The fourth-order valence-electron chi connectivity index (χ4n) is 3.07. The predicted octanol–water partition coefficient (Wildman–Crippen LogP) is 3.36. The van der Waals surface area contributed by atoms with E-state index >= 15 is 0 Å². The fourth-order valence-corrected chi connectivity index (χ4v) is 3.07. The van der Waals surface area contributed by atoms with Crippen molar-refractivity contribution in [1.29, 1.82) is 0 Å². The summed E-state index contributed by atoms with van der Waals surface area (Å²) in [7, 11) is 0. The zero-order chi connectivity index (χ0) is 13.7. The van der Waals surface area contributed by atoms with Gasteiger partial charge in [0.15, 0.2) is 0 Å². The number of aromatic nitrogens is 2. The van der Waals surface area contributed by atoms with Crippen molar-refractivity contribution in [3.05, 3.63) is 40.3 Å². The van der Waals surface area contributed by atoms with Crippen LogP contribution in [-0.2, 0) is 13.0 Å². The molecule has 1 aromatic carbocycles. The van der Waals surface area contributed by atoms with E-state index in [1.165, 1.54) is 5.56 Å². The highest BCUT2D eigenvalue weighted by molar-refractivity contribution is 5.85. The van der Waals surface area contributed by atoms with E-state index in [1.807, 2.05) is 16.1 Å². The number of allylic oxidation sites excluding steroid dienone is 1. The summed E-state index contributed by atoms with van der Waals surface area (Å²) in [5.74, 6) is 0. The van der Waals surface area contributed by atoms with Gasteiger partial charge in [-0.2, -0.15) is 0 Å². The molecule has 0 saturated heterocycles.